The van der Waals surface area contributed by atoms with Gasteiger partial charge in [0, 0.05) is 6.07 Å². The van der Waals surface area contributed by atoms with Crippen LogP contribution in [0.2, 0.25) is 0 Å². The van der Waals surface area contributed by atoms with Gasteiger partial charge in [-0.3, -0.25) is 4.79 Å². The summed E-state index contributed by atoms with van der Waals surface area (Å²) in [5.74, 6) is 1.16. The third-order valence-electron chi connectivity index (χ3n) is 4.90. The quantitative estimate of drug-likeness (QED) is 0.585. The number of hydrogen-bond acceptors (Lipinski definition) is 3. The van der Waals surface area contributed by atoms with Crippen molar-refractivity contribution in [3.05, 3.63) is 95.6 Å². The van der Waals surface area contributed by atoms with Crippen LogP contribution in [0.5, 0.6) is 11.5 Å². The fourth-order valence-electron chi connectivity index (χ4n) is 3.29. The molecule has 0 aromatic heterocycles. The highest BCUT2D eigenvalue weighted by atomic mass is 16.5. The number of hydrogen-bond donors (Lipinski definition) is 1. The van der Waals surface area contributed by atoms with E-state index in [9.17, 15) is 4.79 Å². The number of carbonyl (C=O) groups excluding carboxylic acids is 1. The number of ether oxygens (including phenoxy) is 2. The second kappa shape index (κ2) is 9.78. The molecule has 1 amide bonds. The van der Waals surface area contributed by atoms with E-state index in [1.165, 1.54) is 0 Å². The van der Waals surface area contributed by atoms with Crippen molar-refractivity contribution in [1.82, 2.24) is 5.32 Å². The molecular formula is C25H27NO3. The van der Waals surface area contributed by atoms with Crippen LogP contribution in [0.1, 0.15) is 36.1 Å². The topological polar surface area (TPSA) is 47.6 Å². The van der Waals surface area contributed by atoms with E-state index in [0.717, 1.165) is 16.7 Å². The molecule has 29 heavy (non-hydrogen) atoms. The number of rotatable bonds is 8. The highest BCUT2D eigenvalue weighted by Crippen LogP contribution is 2.26. The maximum Gasteiger partial charge on any atom is 0.261 e. The molecule has 4 heteroatoms. The summed E-state index contributed by atoms with van der Waals surface area (Å²) in [7, 11) is 1.61. The van der Waals surface area contributed by atoms with E-state index in [1.54, 1.807) is 13.2 Å². The summed E-state index contributed by atoms with van der Waals surface area (Å²) in [4.78, 5) is 13.1. The summed E-state index contributed by atoms with van der Waals surface area (Å²) < 4.78 is 11.2. The predicted molar refractivity (Wildman–Crippen MR) is 115 cm³/mol. The Morgan fingerprint density at radius 3 is 2.31 bits per heavy atom. The Morgan fingerprint density at radius 1 is 0.931 bits per heavy atom. The first-order chi connectivity index (χ1) is 14.1. The zero-order chi connectivity index (χ0) is 20.6. The minimum atomic E-state index is -0.600. The minimum absolute atomic E-state index is 0.146. The van der Waals surface area contributed by atoms with E-state index in [-0.39, 0.29) is 11.9 Å². The molecule has 0 heterocycles. The summed E-state index contributed by atoms with van der Waals surface area (Å²) in [5, 5.41) is 3.20. The van der Waals surface area contributed by atoms with Gasteiger partial charge in [-0.25, -0.2) is 0 Å². The standard InChI is InChI=1S/C25H27NO3/c1-4-23(29-21-15-10-14-20(17-21)28-3)25(27)26-24(19-12-6-5-7-13-19)22-16-9-8-11-18(22)2/h5-17,23-24H,4H2,1-3H3,(H,26,27)/t23-,24+/m1/s1. The van der Waals surface area contributed by atoms with Crippen LogP contribution in [0.3, 0.4) is 0 Å². The highest BCUT2D eigenvalue weighted by Gasteiger charge is 2.24. The molecule has 0 aliphatic carbocycles. The van der Waals surface area contributed by atoms with Gasteiger partial charge in [0.15, 0.2) is 6.10 Å². The Kier molecular flexibility index (Phi) is 6.90. The van der Waals surface area contributed by atoms with E-state index in [2.05, 4.69) is 24.4 Å². The van der Waals surface area contributed by atoms with Gasteiger partial charge in [-0.2, -0.15) is 0 Å². The molecule has 0 fully saturated rings. The lowest BCUT2D eigenvalue weighted by Crippen LogP contribution is -2.40. The molecule has 1 N–H and O–H groups in total. The Morgan fingerprint density at radius 2 is 1.62 bits per heavy atom. The van der Waals surface area contributed by atoms with E-state index in [4.69, 9.17) is 9.47 Å². The number of amides is 1. The fourth-order valence-corrected chi connectivity index (χ4v) is 3.29. The summed E-state index contributed by atoms with van der Waals surface area (Å²) in [6.45, 7) is 4.00. The fraction of sp³-hybridized carbons (Fsp3) is 0.240. The third kappa shape index (κ3) is 5.17. The molecule has 0 saturated heterocycles. The van der Waals surface area contributed by atoms with Crippen LogP contribution >= 0.6 is 0 Å². The average Bonchev–Trinajstić information content (AvgIpc) is 2.77. The summed E-state index contributed by atoms with van der Waals surface area (Å²) in [6.07, 6.45) is -0.0458. The van der Waals surface area contributed by atoms with Crippen molar-refractivity contribution in [3.8, 4) is 11.5 Å². The lowest BCUT2D eigenvalue weighted by atomic mass is 9.94. The molecule has 0 aliphatic rings. The molecule has 3 aromatic rings. The van der Waals surface area contributed by atoms with Gasteiger partial charge in [0.05, 0.1) is 13.2 Å². The second-order valence-electron chi connectivity index (χ2n) is 6.90. The number of methoxy groups -OCH3 is 1. The first-order valence-corrected chi connectivity index (χ1v) is 9.84. The van der Waals surface area contributed by atoms with Gasteiger partial charge in [-0.15, -0.1) is 0 Å². The van der Waals surface area contributed by atoms with Crippen LogP contribution in [-0.2, 0) is 4.79 Å². The van der Waals surface area contributed by atoms with Crippen LogP contribution in [0.4, 0.5) is 0 Å². The zero-order valence-corrected chi connectivity index (χ0v) is 17.1. The van der Waals surface area contributed by atoms with Crippen molar-refractivity contribution in [1.29, 1.82) is 0 Å². The van der Waals surface area contributed by atoms with Crippen molar-refractivity contribution in [3.63, 3.8) is 0 Å². The first-order valence-electron chi connectivity index (χ1n) is 9.84. The van der Waals surface area contributed by atoms with Gasteiger partial charge >= 0.3 is 0 Å². The summed E-state index contributed by atoms with van der Waals surface area (Å²) in [5.41, 5.74) is 3.23. The van der Waals surface area contributed by atoms with Crippen molar-refractivity contribution in [2.24, 2.45) is 0 Å². The molecule has 0 bridgehead atoms. The van der Waals surface area contributed by atoms with Gasteiger partial charge in [-0.05, 0) is 42.2 Å². The summed E-state index contributed by atoms with van der Waals surface area (Å²) in [6, 6.07) is 25.2. The van der Waals surface area contributed by atoms with Crippen LogP contribution < -0.4 is 14.8 Å². The number of benzene rings is 3. The molecule has 0 spiro atoms. The Balaban J connectivity index is 1.84. The number of nitrogens with one attached hydrogen (secondary N) is 1. The highest BCUT2D eigenvalue weighted by molar-refractivity contribution is 5.82. The molecule has 0 saturated carbocycles. The van der Waals surface area contributed by atoms with Gasteiger partial charge in [0.2, 0.25) is 0 Å². The molecular weight excluding hydrogens is 362 g/mol. The van der Waals surface area contributed by atoms with Crippen molar-refractivity contribution in [2.75, 3.05) is 7.11 Å². The Hall–Kier alpha value is -3.27. The Bertz CT molecular complexity index is 940. The third-order valence-corrected chi connectivity index (χ3v) is 4.90. The van der Waals surface area contributed by atoms with Gasteiger partial charge in [-0.1, -0.05) is 67.6 Å². The van der Waals surface area contributed by atoms with E-state index in [0.29, 0.717) is 17.9 Å². The van der Waals surface area contributed by atoms with Gasteiger partial charge in [0.25, 0.3) is 5.91 Å². The van der Waals surface area contributed by atoms with E-state index in [1.807, 2.05) is 67.6 Å². The van der Waals surface area contributed by atoms with E-state index < -0.39 is 6.10 Å². The lowest BCUT2D eigenvalue weighted by molar-refractivity contribution is -0.128. The zero-order valence-electron chi connectivity index (χ0n) is 17.1. The molecule has 0 radical (unpaired) electrons. The minimum Gasteiger partial charge on any atom is -0.497 e. The average molecular weight is 389 g/mol. The van der Waals surface area contributed by atoms with Crippen molar-refractivity contribution < 1.29 is 14.3 Å². The first kappa shape index (κ1) is 20.5. The molecule has 0 aliphatic heterocycles. The lowest BCUT2D eigenvalue weighted by Gasteiger charge is -2.25. The van der Waals surface area contributed by atoms with Crippen LogP contribution in [0, 0.1) is 6.92 Å². The molecule has 4 nitrogen and oxygen atoms in total. The van der Waals surface area contributed by atoms with Crippen LogP contribution in [-0.4, -0.2) is 19.1 Å². The maximum absolute atomic E-state index is 13.1. The Labute approximate surface area is 172 Å². The predicted octanol–water partition coefficient (Wildman–Crippen LogP) is 5.07. The monoisotopic (exact) mass is 389 g/mol. The van der Waals surface area contributed by atoms with Crippen molar-refractivity contribution >= 4 is 5.91 Å². The number of aryl methyl sites for hydroxylation is 1. The van der Waals surface area contributed by atoms with Gasteiger partial charge < -0.3 is 14.8 Å². The molecule has 3 rings (SSSR count). The normalized spacial score (nSPS) is 12.7. The van der Waals surface area contributed by atoms with E-state index >= 15 is 0 Å². The van der Waals surface area contributed by atoms with Gasteiger partial charge in [0.1, 0.15) is 11.5 Å². The smallest absolute Gasteiger partial charge is 0.261 e. The van der Waals surface area contributed by atoms with Crippen LogP contribution in [0.25, 0.3) is 0 Å². The molecule has 3 aromatic carbocycles. The maximum atomic E-state index is 13.1. The second-order valence-corrected chi connectivity index (χ2v) is 6.90. The SMILES string of the molecule is CC[C@@H](Oc1cccc(OC)c1)C(=O)N[C@@H](c1ccccc1)c1ccccc1C. The van der Waals surface area contributed by atoms with Crippen molar-refractivity contribution in [2.45, 2.75) is 32.4 Å². The number of carbonyl (C=O) groups is 1. The molecule has 0 unspecified atom stereocenters. The summed E-state index contributed by atoms with van der Waals surface area (Å²) >= 11 is 0. The largest absolute Gasteiger partial charge is 0.497 e. The molecule has 2 atom stereocenters. The molecule has 150 valence electrons. The van der Waals surface area contributed by atoms with Crippen LogP contribution in [0.15, 0.2) is 78.9 Å².